The minimum absolute atomic E-state index is 0.0502. The Bertz CT molecular complexity index is 1660. The maximum Gasteiger partial charge on any atom is 0.246 e. The van der Waals surface area contributed by atoms with Crippen LogP contribution in [0, 0.1) is 20.8 Å². The van der Waals surface area contributed by atoms with Gasteiger partial charge in [0, 0.05) is 28.7 Å². The predicted octanol–water partition coefficient (Wildman–Crippen LogP) is 7.13. The average molecular weight is 445 g/mol. The lowest BCUT2D eigenvalue weighted by atomic mass is 9.59. The second-order valence-corrected chi connectivity index (χ2v) is 9.50. The molecule has 1 aliphatic heterocycles. The van der Waals surface area contributed by atoms with E-state index in [1.165, 1.54) is 6.92 Å². The second-order valence-electron chi connectivity index (χ2n) is 9.50. The smallest absolute Gasteiger partial charge is 0.123 e. The molecule has 0 fully saturated rings. The first-order chi connectivity index (χ1) is 19.3. The largest absolute Gasteiger partial charge is 0.246 e. The minimum atomic E-state index is -3.27. The summed E-state index contributed by atoms with van der Waals surface area (Å²) in [7, 11) is 1.78. The first kappa shape index (κ1) is 13.5. The van der Waals surface area contributed by atoms with Gasteiger partial charge < -0.3 is 0 Å². The number of aromatic nitrogens is 2. The van der Waals surface area contributed by atoms with E-state index >= 15 is 0 Å². The van der Waals surface area contributed by atoms with Gasteiger partial charge in [0.25, 0.3) is 0 Å². The summed E-state index contributed by atoms with van der Waals surface area (Å²) in [5.41, 5.74) is 0.448. The van der Waals surface area contributed by atoms with Crippen molar-refractivity contribution in [2.75, 3.05) is 0 Å². The van der Waals surface area contributed by atoms with Crippen molar-refractivity contribution in [2.45, 2.75) is 59.1 Å². The van der Waals surface area contributed by atoms with Gasteiger partial charge in [-0.1, -0.05) is 93.2 Å². The van der Waals surface area contributed by atoms with Gasteiger partial charge in [0.1, 0.15) is 11.4 Å². The van der Waals surface area contributed by atoms with E-state index in [2.05, 4.69) is 0 Å². The van der Waals surface area contributed by atoms with Crippen LogP contribution in [0.25, 0.3) is 28.1 Å². The number of nitrogens with zero attached hydrogens (tertiary/aromatic N) is 2. The standard InChI is InChI=1S/C31H35N2/c1-20-17-21(2)19-24(18-20)28-26(23-14-10-9-11-15-23)29-31(6,7)30(4,5)25-16-12-13-22(3)27(25)33(29)32(28)8/h9-19H,1-8H3/q+1/i4D3,6D3,7D3. The Hall–Kier alpha value is -3.13. The number of benzene rings is 3. The molecular weight excluding hydrogens is 400 g/mol. The summed E-state index contributed by atoms with van der Waals surface area (Å²) in [5, 5.41) is 0. The fourth-order valence-electron chi connectivity index (χ4n) is 5.34. The SMILES string of the molecule is [2H]C([2H])([2H])C1(C)c2cccc(C)c2-n2c(c(-c3ccccc3)c(-c3cc(C)cc(C)c3)[n+]2C)C1(C([2H])([2H])[2H])C([2H])([2H])[2H]. The van der Waals surface area contributed by atoms with Crippen LogP contribution in [0.2, 0.25) is 0 Å². The van der Waals surface area contributed by atoms with E-state index < -0.39 is 31.4 Å². The van der Waals surface area contributed by atoms with Crippen LogP contribution in [0.4, 0.5) is 0 Å². The Morgan fingerprint density at radius 1 is 0.788 bits per heavy atom. The molecule has 2 heteroatoms. The summed E-state index contributed by atoms with van der Waals surface area (Å²) in [5.74, 6) is 0. The first-order valence-corrected chi connectivity index (χ1v) is 11.2. The van der Waals surface area contributed by atoms with Gasteiger partial charge in [-0.15, -0.1) is 9.36 Å². The molecule has 0 saturated heterocycles. The lowest BCUT2D eigenvalue weighted by Crippen LogP contribution is -2.51. The van der Waals surface area contributed by atoms with Crippen molar-refractivity contribution in [1.29, 1.82) is 0 Å². The number of hydrogen-bond acceptors (Lipinski definition) is 0. The summed E-state index contributed by atoms with van der Waals surface area (Å²) in [4.78, 5) is 0. The molecule has 1 atom stereocenters. The molecule has 0 N–H and O–H groups in total. The molecule has 2 nitrogen and oxygen atoms in total. The molecule has 5 rings (SSSR count). The minimum Gasteiger partial charge on any atom is -0.123 e. The van der Waals surface area contributed by atoms with E-state index in [9.17, 15) is 0 Å². The highest BCUT2D eigenvalue weighted by molar-refractivity contribution is 5.83. The molecule has 4 aromatic rings. The topological polar surface area (TPSA) is 8.81 Å². The van der Waals surface area contributed by atoms with Crippen LogP contribution in [-0.2, 0) is 17.9 Å². The number of fused-ring (bicyclic) bond motifs is 3. The Kier molecular flexibility index (Phi) is 2.95. The van der Waals surface area contributed by atoms with Crippen molar-refractivity contribution in [1.82, 2.24) is 4.68 Å². The number of para-hydroxylation sites is 1. The van der Waals surface area contributed by atoms with E-state index in [0.717, 1.165) is 16.7 Å². The quantitative estimate of drug-likeness (QED) is 0.291. The van der Waals surface area contributed by atoms with Crippen molar-refractivity contribution in [2.24, 2.45) is 7.05 Å². The van der Waals surface area contributed by atoms with E-state index in [4.69, 9.17) is 12.3 Å². The predicted molar refractivity (Wildman–Crippen MR) is 138 cm³/mol. The molecule has 0 aliphatic carbocycles. The summed E-state index contributed by atoms with van der Waals surface area (Å²) in [6.07, 6.45) is 0. The Balaban J connectivity index is 2.20. The molecule has 0 amide bonds. The van der Waals surface area contributed by atoms with Crippen molar-refractivity contribution in [3.63, 3.8) is 0 Å². The highest BCUT2D eigenvalue weighted by Crippen LogP contribution is 2.54. The lowest BCUT2D eigenvalue weighted by molar-refractivity contribution is -0.735. The van der Waals surface area contributed by atoms with E-state index in [1.807, 2.05) is 75.4 Å². The summed E-state index contributed by atoms with van der Waals surface area (Å²) in [6.45, 7) is -2.48. The normalized spacial score (nSPS) is 23.8. The molecule has 1 unspecified atom stereocenters. The molecule has 3 aromatic carbocycles. The van der Waals surface area contributed by atoms with Gasteiger partial charge in [-0.25, -0.2) is 0 Å². The van der Waals surface area contributed by atoms with Gasteiger partial charge in [-0.2, -0.15) is 0 Å². The van der Waals surface area contributed by atoms with Crippen LogP contribution in [0.5, 0.6) is 0 Å². The second kappa shape index (κ2) is 7.18. The van der Waals surface area contributed by atoms with Crippen LogP contribution in [0.1, 0.15) is 67.8 Å². The lowest BCUT2D eigenvalue weighted by Gasteiger charge is -2.46. The zero-order valence-electron chi connectivity index (χ0n) is 28.7. The molecule has 1 aromatic heterocycles. The molecule has 33 heavy (non-hydrogen) atoms. The van der Waals surface area contributed by atoms with Crippen molar-refractivity contribution >= 4 is 0 Å². The molecule has 2 heterocycles. The van der Waals surface area contributed by atoms with Gasteiger partial charge in [0.05, 0.1) is 5.56 Å². The Morgan fingerprint density at radius 2 is 1.45 bits per heavy atom. The zero-order chi connectivity index (χ0) is 31.2. The van der Waals surface area contributed by atoms with Crippen LogP contribution in [0.15, 0.2) is 66.7 Å². The Labute approximate surface area is 211 Å². The maximum atomic E-state index is 9.00. The van der Waals surface area contributed by atoms with Gasteiger partial charge in [-0.3, -0.25) is 0 Å². The molecule has 0 spiro atoms. The number of hydrogen-bond donors (Lipinski definition) is 0. The van der Waals surface area contributed by atoms with E-state index in [-0.39, 0.29) is 11.3 Å². The van der Waals surface area contributed by atoms with Crippen molar-refractivity contribution in [3.8, 4) is 28.1 Å². The van der Waals surface area contributed by atoms with E-state index in [0.29, 0.717) is 28.1 Å². The molecule has 1 aliphatic rings. The fraction of sp³-hybridized carbons (Fsp3) is 0.323. The van der Waals surface area contributed by atoms with Crippen LogP contribution >= 0.6 is 0 Å². The summed E-state index contributed by atoms with van der Waals surface area (Å²) < 4.78 is 84.0. The van der Waals surface area contributed by atoms with Crippen LogP contribution in [-0.4, -0.2) is 4.68 Å². The molecule has 0 radical (unpaired) electrons. The number of aryl methyl sites for hydroxylation is 3. The van der Waals surface area contributed by atoms with Crippen molar-refractivity contribution < 1.29 is 17.0 Å². The third-order valence-electron chi connectivity index (χ3n) is 6.96. The van der Waals surface area contributed by atoms with Crippen LogP contribution in [0.3, 0.4) is 0 Å². The van der Waals surface area contributed by atoms with Gasteiger partial charge in [-0.05, 0) is 49.6 Å². The van der Waals surface area contributed by atoms with Gasteiger partial charge >= 0.3 is 0 Å². The van der Waals surface area contributed by atoms with Crippen LogP contribution < -0.4 is 4.68 Å². The Morgan fingerprint density at radius 3 is 2.09 bits per heavy atom. The summed E-state index contributed by atoms with van der Waals surface area (Å²) in [6, 6.07) is 20.1. The molecule has 0 bridgehead atoms. The third kappa shape index (κ3) is 2.96. The first-order valence-electron chi connectivity index (χ1n) is 15.7. The molecule has 0 saturated carbocycles. The maximum absolute atomic E-state index is 9.00. The van der Waals surface area contributed by atoms with Gasteiger partial charge in [0.2, 0.25) is 5.69 Å². The van der Waals surface area contributed by atoms with E-state index in [1.54, 1.807) is 28.5 Å². The number of rotatable bonds is 2. The van der Waals surface area contributed by atoms with Gasteiger partial charge in [0.15, 0.2) is 7.05 Å². The highest BCUT2D eigenvalue weighted by Gasteiger charge is 2.52. The highest BCUT2D eigenvalue weighted by atomic mass is 15.4. The zero-order valence-corrected chi connectivity index (χ0v) is 19.7. The molecule has 168 valence electrons. The average Bonchev–Trinajstić information content (AvgIpc) is 3.14. The third-order valence-corrected chi connectivity index (χ3v) is 6.96. The molecular formula is C31H35N2+. The van der Waals surface area contributed by atoms with Crippen molar-refractivity contribution in [3.05, 3.63) is 94.7 Å². The fourth-order valence-corrected chi connectivity index (χ4v) is 5.34. The monoisotopic (exact) mass is 444 g/mol. The summed E-state index contributed by atoms with van der Waals surface area (Å²) >= 11 is 0.